The first-order chi connectivity index (χ1) is 5.25. The van der Waals surface area contributed by atoms with E-state index in [2.05, 4.69) is 19.0 Å². The van der Waals surface area contributed by atoms with Crippen LogP contribution in [0, 0.1) is 11.8 Å². The van der Waals surface area contributed by atoms with E-state index in [0.717, 1.165) is 18.6 Å². The fourth-order valence-corrected chi connectivity index (χ4v) is 1.65. The molecule has 0 bridgehead atoms. The molecule has 2 nitrogen and oxygen atoms in total. The highest BCUT2D eigenvalue weighted by atomic mass is 16.4. The summed E-state index contributed by atoms with van der Waals surface area (Å²) in [5, 5.41) is 12.0. The van der Waals surface area contributed by atoms with Gasteiger partial charge in [0.15, 0.2) is 0 Å². The van der Waals surface area contributed by atoms with Gasteiger partial charge in [0.1, 0.15) is 0 Å². The fraction of sp³-hybridized carbons (Fsp3) is 0.778. The van der Waals surface area contributed by atoms with Gasteiger partial charge in [0.25, 0.3) is 0 Å². The van der Waals surface area contributed by atoms with Crippen molar-refractivity contribution in [2.24, 2.45) is 11.1 Å². The van der Waals surface area contributed by atoms with E-state index >= 15 is 0 Å². The highest BCUT2D eigenvalue weighted by molar-refractivity contribution is 5.97. The number of hydrogen-bond donors (Lipinski definition) is 1. The second-order valence-electron chi connectivity index (χ2n) is 3.43. The summed E-state index contributed by atoms with van der Waals surface area (Å²) in [7, 11) is 0. The quantitative estimate of drug-likeness (QED) is 0.457. The second-order valence-corrected chi connectivity index (χ2v) is 3.43. The molecule has 11 heavy (non-hydrogen) atoms. The number of oxime groups is 1. The largest absolute Gasteiger partial charge is 0.411 e. The van der Waals surface area contributed by atoms with Crippen LogP contribution in [0.15, 0.2) is 5.16 Å². The molecule has 0 heterocycles. The molecule has 0 aliphatic heterocycles. The molecule has 0 unspecified atom stereocenters. The van der Waals surface area contributed by atoms with Crippen molar-refractivity contribution in [3.05, 3.63) is 5.92 Å². The van der Waals surface area contributed by atoms with Crippen molar-refractivity contribution in [1.29, 1.82) is 0 Å². The average molecular weight is 154 g/mol. The molecule has 0 aromatic rings. The van der Waals surface area contributed by atoms with E-state index in [4.69, 9.17) is 5.21 Å². The predicted octanol–water partition coefficient (Wildman–Crippen LogP) is 2.62. The zero-order valence-corrected chi connectivity index (χ0v) is 7.30. The Kier molecular flexibility index (Phi) is 2.92. The second kappa shape index (κ2) is 3.74. The van der Waals surface area contributed by atoms with Gasteiger partial charge in [-0.25, -0.2) is 0 Å². The van der Waals surface area contributed by atoms with Gasteiger partial charge in [-0.2, -0.15) is 0 Å². The van der Waals surface area contributed by atoms with Crippen molar-refractivity contribution in [1.82, 2.24) is 0 Å². The lowest BCUT2D eigenvalue weighted by Crippen LogP contribution is -2.21. The highest BCUT2D eigenvalue weighted by Crippen LogP contribution is 2.29. The third-order valence-electron chi connectivity index (χ3n) is 2.30. The number of nitrogens with zero attached hydrogens (tertiary/aromatic N) is 1. The Morgan fingerprint density at radius 3 is 2.36 bits per heavy atom. The summed E-state index contributed by atoms with van der Waals surface area (Å²) < 4.78 is 0. The lowest BCUT2D eigenvalue weighted by molar-refractivity contribution is 0.314. The Labute approximate surface area is 68.3 Å². The third kappa shape index (κ3) is 1.95. The molecule has 1 aliphatic carbocycles. The Bertz CT molecular complexity index is 152. The SMILES string of the molecule is CC(C)[C]1CCCCC1=NO. The first-order valence-electron chi connectivity index (χ1n) is 4.32. The van der Waals surface area contributed by atoms with E-state index in [1.807, 2.05) is 0 Å². The van der Waals surface area contributed by atoms with Crippen molar-refractivity contribution in [2.45, 2.75) is 39.5 Å². The summed E-state index contributed by atoms with van der Waals surface area (Å²) in [5.74, 6) is 1.89. The number of rotatable bonds is 1. The molecule has 1 N–H and O–H groups in total. The topological polar surface area (TPSA) is 32.6 Å². The highest BCUT2D eigenvalue weighted by Gasteiger charge is 2.24. The maximum Gasteiger partial charge on any atom is 0.0644 e. The van der Waals surface area contributed by atoms with Gasteiger partial charge in [0.2, 0.25) is 0 Å². The molecular weight excluding hydrogens is 138 g/mol. The molecule has 0 aromatic carbocycles. The summed E-state index contributed by atoms with van der Waals surface area (Å²) in [4.78, 5) is 0. The van der Waals surface area contributed by atoms with Gasteiger partial charge >= 0.3 is 0 Å². The first kappa shape index (κ1) is 8.57. The molecule has 1 fully saturated rings. The maximum atomic E-state index is 8.68. The standard InChI is InChI=1S/C9H16NO/c1-7(2)8-5-3-4-6-9(8)10-11/h7,11H,3-6H2,1-2H3. The fourth-order valence-electron chi connectivity index (χ4n) is 1.65. The van der Waals surface area contributed by atoms with E-state index < -0.39 is 0 Å². The lowest BCUT2D eigenvalue weighted by Gasteiger charge is -2.25. The minimum atomic E-state index is 0.543. The van der Waals surface area contributed by atoms with E-state index in [0.29, 0.717) is 5.92 Å². The van der Waals surface area contributed by atoms with Crippen molar-refractivity contribution in [3.63, 3.8) is 0 Å². The smallest absolute Gasteiger partial charge is 0.0644 e. The van der Waals surface area contributed by atoms with E-state index in [1.165, 1.54) is 18.8 Å². The molecule has 0 aromatic heterocycles. The van der Waals surface area contributed by atoms with Crippen LogP contribution in [0.1, 0.15) is 39.5 Å². The van der Waals surface area contributed by atoms with Gasteiger partial charge in [-0.1, -0.05) is 25.4 Å². The van der Waals surface area contributed by atoms with Gasteiger partial charge in [0, 0.05) is 5.92 Å². The van der Waals surface area contributed by atoms with Crippen molar-refractivity contribution in [2.75, 3.05) is 0 Å². The van der Waals surface area contributed by atoms with Crippen LogP contribution in [0.3, 0.4) is 0 Å². The first-order valence-corrected chi connectivity index (χ1v) is 4.32. The molecule has 1 rings (SSSR count). The van der Waals surface area contributed by atoms with Crippen LogP contribution in [0.2, 0.25) is 0 Å². The van der Waals surface area contributed by atoms with Gasteiger partial charge < -0.3 is 5.21 Å². The summed E-state index contributed by atoms with van der Waals surface area (Å²) in [6.07, 6.45) is 4.52. The minimum Gasteiger partial charge on any atom is -0.411 e. The molecule has 63 valence electrons. The van der Waals surface area contributed by atoms with Crippen LogP contribution in [0.25, 0.3) is 0 Å². The van der Waals surface area contributed by atoms with Crippen molar-refractivity contribution in [3.8, 4) is 0 Å². The Hall–Kier alpha value is -0.530. The normalized spacial score (nSPS) is 24.8. The zero-order chi connectivity index (χ0) is 8.27. The maximum absolute atomic E-state index is 8.68. The molecule has 1 aliphatic rings. The third-order valence-corrected chi connectivity index (χ3v) is 2.30. The van der Waals surface area contributed by atoms with Crippen molar-refractivity contribution < 1.29 is 5.21 Å². The molecule has 0 amide bonds. The van der Waals surface area contributed by atoms with Crippen LogP contribution >= 0.6 is 0 Å². The Morgan fingerprint density at radius 1 is 1.27 bits per heavy atom. The van der Waals surface area contributed by atoms with E-state index in [-0.39, 0.29) is 0 Å². The summed E-state index contributed by atoms with van der Waals surface area (Å²) >= 11 is 0. The van der Waals surface area contributed by atoms with Gasteiger partial charge in [-0.3, -0.25) is 0 Å². The van der Waals surface area contributed by atoms with Crippen LogP contribution in [-0.4, -0.2) is 10.9 Å². The predicted molar refractivity (Wildman–Crippen MR) is 45.8 cm³/mol. The monoisotopic (exact) mass is 154 g/mol. The van der Waals surface area contributed by atoms with Gasteiger partial charge in [-0.15, -0.1) is 0 Å². The molecule has 0 spiro atoms. The molecule has 2 heteroatoms. The van der Waals surface area contributed by atoms with Crippen LogP contribution in [-0.2, 0) is 0 Å². The van der Waals surface area contributed by atoms with Crippen LogP contribution in [0.4, 0.5) is 0 Å². The van der Waals surface area contributed by atoms with Gasteiger partial charge in [-0.05, 0) is 25.2 Å². The molecule has 0 saturated heterocycles. The van der Waals surface area contributed by atoms with Crippen LogP contribution in [0.5, 0.6) is 0 Å². The van der Waals surface area contributed by atoms with Crippen molar-refractivity contribution >= 4 is 5.71 Å². The van der Waals surface area contributed by atoms with E-state index in [9.17, 15) is 0 Å². The van der Waals surface area contributed by atoms with Crippen LogP contribution < -0.4 is 0 Å². The zero-order valence-electron chi connectivity index (χ0n) is 7.30. The molecule has 0 atom stereocenters. The lowest BCUT2D eigenvalue weighted by atomic mass is 9.80. The minimum absolute atomic E-state index is 0.543. The summed E-state index contributed by atoms with van der Waals surface area (Å²) in [6.45, 7) is 4.32. The Morgan fingerprint density at radius 2 is 1.91 bits per heavy atom. The number of hydrogen-bond acceptors (Lipinski definition) is 2. The van der Waals surface area contributed by atoms with Gasteiger partial charge in [0.05, 0.1) is 5.71 Å². The summed E-state index contributed by atoms with van der Waals surface area (Å²) in [6, 6.07) is 0. The molecular formula is C9H16NO. The molecule has 1 radical (unpaired) electrons. The van der Waals surface area contributed by atoms with E-state index in [1.54, 1.807) is 0 Å². The summed E-state index contributed by atoms with van der Waals surface area (Å²) in [5.41, 5.74) is 0.936. The average Bonchev–Trinajstić information content (AvgIpc) is 2.04. The Balaban J connectivity index is 2.59. The molecule has 1 saturated carbocycles.